The van der Waals surface area contributed by atoms with E-state index in [1.54, 1.807) is 18.9 Å². The molecule has 1 N–H and O–H groups in total. The van der Waals surface area contributed by atoms with E-state index in [9.17, 15) is 9.90 Å². The Bertz CT molecular complexity index is 450. The van der Waals surface area contributed by atoms with E-state index in [1.807, 2.05) is 24.5 Å². The van der Waals surface area contributed by atoms with Gasteiger partial charge in [-0.1, -0.05) is 18.9 Å². The summed E-state index contributed by atoms with van der Waals surface area (Å²) < 4.78 is 5.40. The van der Waals surface area contributed by atoms with Gasteiger partial charge < -0.3 is 9.84 Å². The van der Waals surface area contributed by atoms with Crippen molar-refractivity contribution in [1.82, 2.24) is 0 Å². The number of benzene rings is 1. The lowest BCUT2D eigenvalue weighted by atomic mass is 9.78. The molecule has 1 aromatic carbocycles. The summed E-state index contributed by atoms with van der Waals surface area (Å²) in [6.45, 7) is 0. The summed E-state index contributed by atoms with van der Waals surface area (Å²) in [7, 11) is 1.60. The molecule has 1 aromatic rings. The zero-order chi connectivity index (χ0) is 13.2. The predicted molar refractivity (Wildman–Crippen MR) is 72.6 cm³/mol. The Morgan fingerprint density at radius 1 is 1.39 bits per heavy atom. The topological polar surface area (TPSA) is 46.5 Å². The minimum Gasteiger partial charge on any atom is -0.496 e. The van der Waals surface area contributed by atoms with Crippen LogP contribution in [0.1, 0.15) is 31.2 Å². The maximum absolute atomic E-state index is 11.7. The minimum atomic E-state index is -0.748. The van der Waals surface area contributed by atoms with Gasteiger partial charge in [0.2, 0.25) is 0 Å². The number of carboxylic acid groups (broad SMARTS) is 1. The molecule has 18 heavy (non-hydrogen) atoms. The molecule has 1 aliphatic rings. The molecule has 3 nitrogen and oxygen atoms in total. The lowest BCUT2D eigenvalue weighted by molar-refractivity contribution is -0.143. The van der Waals surface area contributed by atoms with Crippen molar-refractivity contribution in [3.63, 3.8) is 0 Å². The Hall–Kier alpha value is -1.16. The van der Waals surface area contributed by atoms with E-state index in [-0.39, 0.29) is 0 Å². The fourth-order valence-corrected chi connectivity index (χ4v) is 3.20. The highest BCUT2D eigenvalue weighted by Gasteiger charge is 2.44. The van der Waals surface area contributed by atoms with Gasteiger partial charge in [-0.2, -0.15) is 0 Å². The molecule has 0 bridgehead atoms. The lowest BCUT2D eigenvalue weighted by Crippen LogP contribution is -2.33. The summed E-state index contributed by atoms with van der Waals surface area (Å²) in [5.41, 5.74) is 0.0789. The first kappa shape index (κ1) is 13.3. The molecule has 4 heteroatoms. The maximum Gasteiger partial charge on any atom is 0.314 e. The molecule has 98 valence electrons. The van der Waals surface area contributed by atoms with E-state index >= 15 is 0 Å². The van der Waals surface area contributed by atoms with Gasteiger partial charge in [0.25, 0.3) is 0 Å². The van der Waals surface area contributed by atoms with Crippen LogP contribution in [-0.2, 0) is 10.2 Å². The molecular weight excluding hydrogens is 248 g/mol. The number of aliphatic carboxylic acids is 1. The third-order valence-electron chi connectivity index (χ3n) is 3.79. The summed E-state index contributed by atoms with van der Waals surface area (Å²) in [4.78, 5) is 12.8. The molecule has 0 aliphatic heterocycles. The highest BCUT2D eigenvalue weighted by atomic mass is 32.2. The van der Waals surface area contributed by atoms with Gasteiger partial charge in [-0.3, -0.25) is 4.79 Å². The number of rotatable bonds is 4. The smallest absolute Gasteiger partial charge is 0.314 e. The first-order chi connectivity index (χ1) is 8.64. The first-order valence-corrected chi connectivity index (χ1v) is 7.32. The van der Waals surface area contributed by atoms with Crippen molar-refractivity contribution in [3.8, 4) is 5.75 Å². The van der Waals surface area contributed by atoms with Crippen LogP contribution in [0.5, 0.6) is 5.75 Å². The Morgan fingerprint density at radius 2 is 2.06 bits per heavy atom. The molecule has 0 saturated heterocycles. The third kappa shape index (κ3) is 2.09. The van der Waals surface area contributed by atoms with E-state index < -0.39 is 11.4 Å². The van der Waals surface area contributed by atoms with Crippen molar-refractivity contribution in [2.75, 3.05) is 13.4 Å². The van der Waals surface area contributed by atoms with Crippen molar-refractivity contribution >= 4 is 17.7 Å². The quantitative estimate of drug-likeness (QED) is 0.849. The Balaban J connectivity index is 2.51. The van der Waals surface area contributed by atoms with E-state index in [1.165, 1.54) is 0 Å². The molecule has 1 aliphatic carbocycles. The molecule has 2 rings (SSSR count). The Kier molecular flexibility index (Phi) is 3.85. The van der Waals surface area contributed by atoms with Gasteiger partial charge in [-0.25, -0.2) is 0 Å². The zero-order valence-electron chi connectivity index (χ0n) is 10.7. The fourth-order valence-electron chi connectivity index (χ4n) is 2.77. The summed E-state index contributed by atoms with van der Waals surface area (Å²) >= 11 is 1.63. The number of carbonyl (C=O) groups is 1. The highest BCUT2D eigenvalue weighted by molar-refractivity contribution is 7.98. The first-order valence-electron chi connectivity index (χ1n) is 6.10. The van der Waals surface area contributed by atoms with Gasteiger partial charge in [0.05, 0.1) is 12.5 Å². The number of ether oxygens (including phenoxy) is 1. The van der Waals surface area contributed by atoms with Crippen LogP contribution in [0.15, 0.2) is 23.1 Å². The Morgan fingerprint density at radius 3 is 2.56 bits per heavy atom. The van der Waals surface area contributed by atoms with Crippen molar-refractivity contribution in [1.29, 1.82) is 0 Å². The number of hydrogen-bond acceptors (Lipinski definition) is 3. The Labute approximate surface area is 112 Å². The second kappa shape index (κ2) is 5.22. The average Bonchev–Trinajstić information content (AvgIpc) is 2.88. The zero-order valence-corrected chi connectivity index (χ0v) is 11.5. The lowest BCUT2D eigenvalue weighted by Gasteiger charge is -2.26. The molecule has 0 amide bonds. The largest absolute Gasteiger partial charge is 0.496 e. The maximum atomic E-state index is 11.7. The molecule has 0 atom stereocenters. The van der Waals surface area contributed by atoms with Gasteiger partial charge >= 0.3 is 5.97 Å². The molecule has 0 radical (unpaired) electrons. The molecule has 0 heterocycles. The van der Waals surface area contributed by atoms with Gasteiger partial charge in [-0.05, 0) is 31.2 Å². The number of carboxylic acids is 1. The highest BCUT2D eigenvalue weighted by Crippen LogP contribution is 2.45. The second-order valence-electron chi connectivity index (χ2n) is 4.66. The summed E-state index contributed by atoms with van der Waals surface area (Å²) in [6, 6.07) is 5.83. The van der Waals surface area contributed by atoms with E-state index in [0.717, 1.165) is 23.3 Å². The molecule has 0 unspecified atom stereocenters. The van der Waals surface area contributed by atoms with E-state index in [0.29, 0.717) is 18.6 Å². The van der Waals surface area contributed by atoms with Crippen molar-refractivity contribution in [3.05, 3.63) is 23.8 Å². The summed E-state index contributed by atoms with van der Waals surface area (Å²) in [6.07, 6.45) is 5.35. The number of hydrogen-bond donors (Lipinski definition) is 1. The molecule has 1 fully saturated rings. The standard InChI is InChI=1S/C14H18O3S/c1-17-12-9-10(18-2)5-6-11(12)14(13(15)16)7-3-4-8-14/h5-6,9H,3-4,7-8H2,1-2H3,(H,15,16). The van der Waals surface area contributed by atoms with Crippen LogP contribution < -0.4 is 4.74 Å². The summed E-state index contributed by atoms with van der Waals surface area (Å²) in [5.74, 6) is -0.0265. The SMILES string of the molecule is COc1cc(SC)ccc1C1(C(=O)O)CCCC1. The van der Waals surface area contributed by atoms with Crippen molar-refractivity contribution in [2.45, 2.75) is 36.0 Å². The van der Waals surface area contributed by atoms with Crippen LogP contribution in [0.25, 0.3) is 0 Å². The summed E-state index contributed by atoms with van der Waals surface area (Å²) in [5, 5.41) is 9.60. The molecule has 0 aromatic heterocycles. The molecule has 0 spiro atoms. The number of thioether (sulfide) groups is 1. The average molecular weight is 266 g/mol. The van der Waals surface area contributed by atoms with Crippen LogP contribution >= 0.6 is 11.8 Å². The van der Waals surface area contributed by atoms with Gasteiger partial charge in [-0.15, -0.1) is 11.8 Å². The monoisotopic (exact) mass is 266 g/mol. The van der Waals surface area contributed by atoms with Crippen LogP contribution in [-0.4, -0.2) is 24.4 Å². The third-order valence-corrected chi connectivity index (χ3v) is 4.52. The van der Waals surface area contributed by atoms with Crippen LogP contribution in [0.3, 0.4) is 0 Å². The second-order valence-corrected chi connectivity index (χ2v) is 5.54. The van der Waals surface area contributed by atoms with Gasteiger partial charge in [0.15, 0.2) is 0 Å². The molecular formula is C14H18O3S. The van der Waals surface area contributed by atoms with E-state index in [4.69, 9.17) is 4.74 Å². The molecule has 1 saturated carbocycles. The van der Waals surface area contributed by atoms with E-state index in [2.05, 4.69) is 0 Å². The number of methoxy groups -OCH3 is 1. The van der Waals surface area contributed by atoms with Crippen LogP contribution in [0.4, 0.5) is 0 Å². The van der Waals surface area contributed by atoms with Crippen LogP contribution in [0, 0.1) is 0 Å². The van der Waals surface area contributed by atoms with Crippen molar-refractivity contribution < 1.29 is 14.6 Å². The normalized spacial score (nSPS) is 17.7. The fraction of sp³-hybridized carbons (Fsp3) is 0.500. The predicted octanol–water partition coefficient (Wildman–Crippen LogP) is 3.31. The van der Waals surface area contributed by atoms with Crippen molar-refractivity contribution in [2.24, 2.45) is 0 Å². The van der Waals surface area contributed by atoms with Crippen LogP contribution in [0.2, 0.25) is 0 Å². The minimum absolute atomic E-state index is 0.700. The van der Waals surface area contributed by atoms with Gasteiger partial charge in [0.1, 0.15) is 5.75 Å². The van der Waals surface area contributed by atoms with Gasteiger partial charge in [0, 0.05) is 10.5 Å².